The van der Waals surface area contributed by atoms with Gasteiger partial charge in [0.15, 0.2) is 5.72 Å². The summed E-state index contributed by atoms with van der Waals surface area (Å²) >= 11 is 0. The van der Waals surface area contributed by atoms with Gasteiger partial charge < -0.3 is 10.0 Å². The van der Waals surface area contributed by atoms with E-state index < -0.39 is 15.7 Å². The van der Waals surface area contributed by atoms with Crippen LogP contribution in [0, 0.1) is 6.92 Å². The number of sulfonamides is 1. The summed E-state index contributed by atoms with van der Waals surface area (Å²) in [6.45, 7) is 1.62. The second-order valence-corrected chi connectivity index (χ2v) is 6.32. The minimum absolute atomic E-state index is 0.0360. The Kier molecular flexibility index (Phi) is 3.16. The second kappa shape index (κ2) is 4.29. The molecule has 104 valence electrons. The quantitative estimate of drug-likeness (QED) is 0.800. The van der Waals surface area contributed by atoms with Gasteiger partial charge in [-0.05, 0) is 18.6 Å². The lowest BCUT2D eigenvalue weighted by Gasteiger charge is -2.31. The van der Waals surface area contributed by atoms with Crippen LogP contribution >= 0.6 is 0 Å². The molecule has 0 bridgehead atoms. The number of likely N-dealkylation sites (tertiary alicyclic amines) is 1. The maximum absolute atomic E-state index is 11.5. The fourth-order valence-electron chi connectivity index (χ4n) is 2.32. The lowest BCUT2D eigenvalue weighted by Crippen LogP contribution is -2.40. The van der Waals surface area contributed by atoms with Crippen LogP contribution in [0.25, 0.3) is 0 Å². The maximum atomic E-state index is 11.5. The van der Waals surface area contributed by atoms with Gasteiger partial charge in [-0.25, -0.2) is 13.6 Å². The number of carbonyl (C=O) groups excluding carboxylic acids is 1. The van der Waals surface area contributed by atoms with Gasteiger partial charge in [-0.3, -0.25) is 4.79 Å². The lowest BCUT2D eigenvalue weighted by atomic mass is 9.99. The minimum atomic E-state index is -3.86. The minimum Gasteiger partial charge on any atom is -0.367 e. The molecule has 1 aromatic rings. The summed E-state index contributed by atoms with van der Waals surface area (Å²) in [5.74, 6) is -0.180. The number of nitrogens with two attached hydrogens (primary N) is 1. The van der Waals surface area contributed by atoms with Crippen molar-refractivity contribution >= 4 is 15.9 Å². The zero-order valence-corrected chi connectivity index (χ0v) is 11.6. The lowest BCUT2D eigenvalue weighted by molar-refractivity contribution is -0.142. The highest BCUT2D eigenvalue weighted by atomic mass is 32.2. The van der Waals surface area contributed by atoms with Gasteiger partial charge in [-0.2, -0.15) is 0 Å². The Balaban J connectivity index is 2.57. The Morgan fingerprint density at radius 2 is 2.05 bits per heavy atom. The molecule has 6 nitrogen and oxygen atoms in total. The molecular formula is C12H16N2O4S. The smallest absolute Gasteiger partial charge is 0.238 e. The predicted octanol–water partition coefficient (Wildman–Crippen LogP) is 0.0397. The van der Waals surface area contributed by atoms with E-state index in [1.54, 1.807) is 19.1 Å². The highest BCUT2D eigenvalue weighted by Gasteiger charge is 2.43. The van der Waals surface area contributed by atoms with Crippen LogP contribution in [0.2, 0.25) is 0 Å². The van der Waals surface area contributed by atoms with E-state index in [9.17, 15) is 18.3 Å². The number of aryl methyl sites for hydroxylation is 1. The Labute approximate surface area is 111 Å². The summed E-state index contributed by atoms with van der Waals surface area (Å²) < 4.78 is 23.0. The number of nitrogens with zero attached hydrogens (tertiary/aromatic N) is 1. The van der Waals surface area contributed by atoms with Crippen LogP contribution in [0.3, 0.4) is 0 Å². The molecule has 0 aromatic heterocycles. The van der Waals surface area contributed by atoms with Crippen molar-refractivity contribution in [1.82, 2.24) is 4.90 Å². The first-order valence-corrected chi connectivity index (χ1v) is 7.34. The zero-order chi connectivity index (χ0) is 14.4. The van der Waals surface area contributed by atoms with Crippen molar-refractivity contribution in [2.45, 2.75) is 30.4 Å². The number of amides is 1. The van der Waals surface area contributed by atoms with Crippen LogP contribution < -0.4 is 5.14 Å². The van der Waals surface area contributed by atoms with Crippen LogP contribution in [0.1, 0.15) is 24.0 Å². The topological polar surface area (TPSA) is 101 Å². The Hall–Kier alpha value is -1.44. The number of rotatable bonds is 2. The summed E-state index contributed by atoms with van der Waals surface area (Å²) in [5.41, 5.74) is -0.609. The van der Waals surface area contributed by atoms with E-state index in [4.69, 9.17) is 5.14 Å². The normalized spacial score (nSPS) is 24.0. The molecule has 1 aliphatic heterocycles. The molecule has 1 aliphatic rings. The Bertz CT molecular complexity index is 641. The highest BCUT2D eigenvalue weighted by molar-refractivity contribution is 7.89. The van der Waals surface area contributed by atoms with Crippen molar-refractivity contribution in [2.24, 2.45) is 5.14 Å². The van der Waals surface area contributed by atoms with Gasteiger partial charge in [0.25, 0.3) is 0 Å². The first-order chi connectivity index (χ1) is 8.66. The molecule has 1 heterocycles. The predicted molar refractivity (Wildman–Crippen MR) is 68.5 cm³/mol. The average molecular weight is 284 g/mol. The summed E-state index contributed by atoms with van der Waals surface area (Å²) in [7, 11) is -2.37. The van der Waals surface area contributed by atoms with Crippen LogP contribution in [-0.4, -0.2) is 31.4 Å². The van der Waals surface area contributed by atoms with E-state index in [0.29, 0.717) is 11.1 Å². The molecule has 7 heteroatoms. The van der Waals surface area contributed by atoms with Crippen LogP contribution in [0.4, 0.5) is 0 Å². The molecule has 0 aliphatic carbocycles. The van der Waals surface area contributed by atoms with Crippen molar-refractivity contribution < 1.29 is 18.3 Å². The van der Waals surface area contributed by atoms with Gasteiger partial charge in [0.1, 0.15) is 0 Å². The third kappa shape index (κ3) is 2.24. The SMILES string of the molecule is Cc1ccc(C2(O)CCC(=O)N2C)cc1S(N)(=O)=O. The first kappa shape index (κ1) is 14.0. The van der Waals surface area contributed by atoms with E-state index in [1.807, 2.05) is 0 Å². The largest absolute Gasteiger partial charge is 0.367 e. The van der Waals surface area contributed by atoms with Gasteiger partial charge in [0, 0.05) is 25.5 Å². The van der Waals surface area contributed by atoms with Crippen LogP contribution in [0.5, 0.6) is 0 Å². The van der Waals surface area contributed by atoms with Gasteiger partial charge in [-0.15, -0.1) is 0 Å². The van der Waals surface area contributed by atoms with Crippen molar-refractivity contribution in [3.8, 4) is 0 Å². The molecule has 19 heavy (non-hydrogen) atoms. The molecule has 1 unspecified atom stereocenters. The van der Waals surface area contributed by atoms with Gasteiger partial charge in [-0.1, -0.05) is 12.1 Å². The molecule has 0 radical (unpaired) electrons. The molecule has 0 saturated carbocycles. The monoisotopic (exact) mass is 284 g/mol. The molecule has 1 saturated heterocycles. The molecule has 3 N–H and O–H groups in total. The first-order valence-electron chi connectivity index (χ1n) is 5.79. The number of hydrogen-bond acceptors (Lipinski definition) is 4. The third-order valence-corrected chi connectivity index (χ3v) is 4.63. The number of aliphatic hydroxyl groups is 1. The average Bonchev–Trinajstić information content (AvgIpc) is 2.57. The van der Waals surface area contributed by atoms with Gasteiger partial charge in [0.2, 0.25) is 15.9 Å². The van der Waals surface area contributed by atoms with Gasteiger partial charge >= 0.3 is 0 Å². The van der Waals surface area contributed by atoms with Gasteiger partial charge in [0.05, 0.1) is 4.90 Å². The summed E-state index contributed by atoms with van der Waals surface area (Å²) in [5, 5.41) is 15.7. The third-order valence-electron chi connectivity index (χ3n) is 3.57. The molecule has 1 fully saturated rings. The second-order valence-electron chi connectivity index (χ2n) is 4.79. The molecular weight excluding hydrogens is 268 g/mol. The maximum Gasteiger partial charge on any atom is 0.238 e. The summed E-state index contributed by atoms with van der Waals surface area (Å²) in [4.78, 5) is 12.7. The van der Waals surface area contributed by atoms with E-state index in [1.165, 1.54) is 18.0 Å². The molecule has 0 spiro atoms. The van der Waals surface area contributed by atoms with Crippen LogP contribution in [0.15, 0.2) is 23.1 Å². The van der Waals surface area contributed by atoms with Crippen molar-refractivity contribution in [1.29, 1.82) is 0 Å². The fraction of sp³-hybridized carbons (Fsp3) is 0.417. The number of hydrogen-bond donors (Lipinski definition) is 2. The molecule has 2 rings (SSSR count). The van der Waals surface area contributed by atoms with E-state index >= 15 is 0 Å². The van der Waals surface area contributed by atoms with E-state index in [-0.39, 0.29) is 23.6 Å². The summed E-state index contributed by atoms with van der Waals surface area (Å²) in [6, 6.07) is 4.52. The Morgan fingerprint density at radius 3 is 2.53 bits per heavy atom. The number of benzene rings is 1. The Morgan fingerprint density at radius 1 is 1.42 bits per heavy atom. The van der Waals surface area contributed by atoms with Crippen LogP contribution in [-0.2, 0) is 20.5 Å². The van der Waals surface area contributed by atoms with E-state index in [2.05, 4.69) is 0 Å². The number of carbonyl (C=O) groups is 1. The summed E-state index contributed by atoms with van der Waals surface area (Å²) in [6.07, 6.45) is 0.459. The van der Waals surface area contributed by atoms with E-state index in [0.717, 1.165) is 0 Å². The standard InChI is InChI=1S/C12H16N2O4S/c1-8-3-4-9(7-10(8)19(13,17)18)12(16)6-5-11(15)14(12)2/h3-4,7,16H,5-6H2,1-2H3,(H2,13,17,18). The number of primary sulfonamides is 1. The molecule has 1 amide bonds. The van der Waals surface area contributed by atoms with Crippen molar-refractivity contribution in [2.75, 3.05) is 7.05 Å². The fourth-order valence-corrected chi connectivity index (χ4v) is 3.12. The molecule has 1 aromatic carbocycles. The highest BCUT2D eigenvalue weighted by Crippen LogP contribution is 2.36. The van der Waals surface area contributed by atoms with Crippen molar-refractivity contribution in [3.05, 3.63) is 29.3 Å². The van der Waals surface area contributed by atoms with Crippen molar-refractivity contribution in [3.63, 3.8) is 0 Å². The zero-order valence-electron chi connectivity index (χ0n) is 10.8. The molecule has 1 atom stereocenters.